The van der Waals surface area contributed by atoms with Gasteiger partial charge in [-0.3, -0.25) is 9.59 Å². The van der Waals surface area contributed by atoms with Crippen molar-refractivity contribution < 1.29 is 19.4 Å². The van der Waals surface area contributed by atoms with E-state index in [4.69, 9.17) is 9.84 Å². The molecule has 0 saturated heterocycles. The number of carboxylic acid groups (broad SMARTS) is 1. The lowest BCUT2D eigenvalue weighted by Crippen LogP contribution is -2.34. The molecule has 0 spiro atoms. The normalized spacial score (nSPS) is 12.2. The van der Waals surface area contributed by atoms with Crippen LogP contribution in [0.2, 0.25) is 0 Å². The maximum Gasteiger partial charge on any atom is 0.305 e. The monoisotopic (exact) mass is 279 g/mol. The van der Waals surface area contributed by atoms with Gasteiger partial charge in [-0.1, -0.05) is 24.3 Å². The molecule has 2 N–H and O–H groups in total. The number of hydrogen-bond acceptors (Lipinski definition) is 3. The highest BCUT2D eigenvalue weighted by molar-refractivity contribution is 5.79. The zero-order chi connectivity index (χ0) is 15.1. The summed E-state index contributed by atoms with van der Waals surface area (Å²) < 4.78 is 5.22. The second kappa shape index (κ2) is 7.65. The Kier molecular flexibility index (Phi) is 6.18. The van der Waals surface area contributed by atoms with E-state index in [9.17, 15) is 9.59 Å². The number of benzene rings is 1. The summed E-state index contributed by atoms with van der Waals surface area (Å²) in [7, 11) is 0. The van der Waals surface area contributed by atoms with Crippen LogP contribution in [0.5, 0.6) is 0 Å². The van der Waals surface area contributed by atoms with Crippen LogP contribution in [0.4, 0.5) is 0 Å². The first-order chi connectivity index (χ1) is 9.40. The Morgan fingerprint density at radius 1 is 1.30 bits per heavy atom. The molecule has 0 heterocycles. The second-order valence-electron chi connectivity index (χ2n) is 4.93. The van der Waals surface area contributed by atoms with Gasteiger partial charge in [0.25, 0.3) is 0 Å². The van der Waals surface area contributed by atoms with Gasteiger partial charge >= 0.3 is 5.97 Å². The van der Waals surface area contributed by atoms with Crippen LogP contribution in [0.15, 0.2) is 24.3 Å². The molecule has 1 unspecified atom stereocenters. The molecule has 1 aromatic rings. The Morgan fingerprint density at radius 3 is 2.50 bits per heavy atom. The number of amides is 1. The van der Waals surface area contributed by atoms with Crippen molar-refractivity contribution in [2.75, 3.05) is 6.61 Å². The smallest absolute Gasteiger partial charge is 0.305 e. The van der Waals surface area contributed by atoms with Crippen LogP contribution in [0, 0.1) is 6.92 Å². The Bertz CT molecular complexity index is 471. The molecule has 0 bridgehead atoms. The number of carboxylic acids is 1. The van der Waals surface area contributed by atoms with E-state index >= 15 is 0 Å². The van der Waals surface area contributed by atoms with Gasteiger partial charge in [-0.15, -0.1) is 0 Å². The van der Waals surface area contributed by atoms with Gasteiger partial charge < -0.3 is 15.2 Å². The number of nitrogens with one attached hydrogen (secondary N) is 1. The molecule has 110 valence electrons. The van der Waals surface area contributed by atoms with E-state index < -0.39 is 12.0 Å². The fraction of sp³-hybridized carbons (Fsp3) is 0.467. The minimum Gasteiger partial charge on any atom is -0.481 e. The summed E-state index contributed by atoms with van der Waals surface area (Å²) in [6, 6.07) is 6.87. The summed E-state index contributed by atoms with van der Waals surface area (Å²) in [4.78, 5) is 22.8. The van der Waals surface area contributed by atoms with Gasteiger partial charge in [0.15, 0.2) is 0 Å². The summed E-state index contributed by atoms with van der Waals surface area (Å²) in [6.45, 7) is 5.49. The molecule has 0 radical (unpaired) electrons. The molecule has 0 saturated carbocycles. The van der Waals surface area contributed by atoms with E-state index in [0.717, 1.165) is 11.1 Å². The van der Waals surface area contributed by atoms with Gasteiger partial charge in [0.05, 0.1) is 18.6 Å². The molecule has 0 aliphatic carbocycles. The number of aryl methyl sites for hydroxylation is 1. The van der Waals surface area contributed by atoms with E-state index in [1.54, 1.807) is 0 Å². The number of aliphatic carboxylic acids is 1. The second-order valence-corrected chi connectivity index (χ2v) is 4.93. The largest absolute Gasteiger partial charge is 0.481 e. The maximum atomic E-state index is 11.8. The van der Waals surface area contributed by atoms with Gasteiger partial charge in [0.1, 0.15) is 6.61 Å². The molecule has 5 heteroatoms. The molecule has 1 rings (SSSR count). The van der Waals surface area contributed by atoms with Crippen LogP contribution >= 0.6 is 0 Å². The molecule has 0 aliphatic rings. The zero-order valence-electron chi connectivity index (χ0n) is 12.1. The average Bonchev–Trinajstić information content (AvgIpc) is 2.35. The van der Waals surface area contributed by atoms with E-state index in [1.165, 1.54) is 0 Å². The molecule has 0 fully saturated rings. The van der Waals surface area contributed by atoms with Crippen LogP contribution in [0.25, 0.3) is 0 Å². The van der Waals surface area contributed by atoms with Crippen molar-refractivity contribution in [2.24, 2.45) is 0 Å². The molecule has 20 heavy (non-hydrogen) atoms. The summed E-state index contributed by atoms with van der Waals surface area (Å²) in [5.41, 5.74) is 1.76. The summed E-state index contributed by atoms with van der Waals surface area (Å²) in [5.74, 6) is -1.27. The molecule has 0 aromatic heterocycles. The van der Waals surface area contributed by atoms with Crippen LogP contribution < -0.4 is 5.32 Å². The lowest BCUT2D eigenvalue weighted by atomic mass is 9.99. The number of rotatable bonds is 7. The van der Waals surface area contributed by atoms with Gasteiger partial charge in [0.2, 0.25) is 5.91 Å². The Balaban J connectivity index is 2.78. The van der Waals surface area contributed by atoms with Crippen molar-refractivity contribution in [3.8, 4) is 0 Å². The third kappa shape index (κ3) is 5.40. The highest BCUT2D eigenvalue weighted by Crippen LogP contribution is 2.20. The first kappa shape index (κ1) is 16.2. The summed E-state index contributed by atoms with van der Waals surface area (Å²) in [5, 5.41) is 11.7. The van der Waals surface area contributed by atoms with E-state index in [1.807, 2.05) is 45.0 Å². The zero-order valence-corrected chi connectivity index (χ0v) is 12.1. The fourth-order valence-electron chi connectivity index (χ4n) is 1.87. The molecule has 1 aromatic carbocycles. The van der Waals surface area contributed by atoms with Crippen molar-refractivity contribution in [3.05, 3.63) is 35.4 Å². The molecular weight excluding hydrogens is 258 g/mol. The number of carbonyl (C=O) groups excluding carboxylic acids is 1. The predicted octanol–water partition coefficient (Wildman–Crippen LogP) is 2.05. The third-order valence-corrected chi connectivity index (χ3v) is 2.83. The molecular formula is C15H21NO4. The highest BCUT2D eigenvalue weighted by atomic mass is 16.5. The molecule has 5 nitrogen and oxygen atoms in total. The Hall–Kier alpha value is -1.88. The van der Waals surface area contributed by atoms with Crippen LogP contribution in [-0.2, 0) is 14.3 Å². The first-order valence-corrected chi connectivity index (χ1v) is 6.58. The number of hydrogen-bond donors (Lipinski definition) is 2. The van der Waals surface area contributed by atoms with Crippen molar-refractivity contribution in [1.82, 2.24) is 5.32 Å². The van der Waals surface area contributed by atoms with Crippen molar-refractivity contribution in [2.45, 2.75) is 39.3 Å². The van der Waals surface area contributed by atoms with Crippen LogP contribution in [0.3, 0.4) is 0 Å². The van der Waals surface area contributed by atoms with E-state index in [-0.39, 0.29) is 25.0 Å². The lowest BCUT2D eigenvalue weighted by molar-refractivity contribution is -0.138. The minimum atomic E-state index is -0.955. The topological polar surface area (TPSA) is 75.6 Å². The van der Waals surface area contributed by atoms with Gasteiger partial charge in [-0.05, 0) is 31.9 Å². The Labute approximate surface area is 118 Å². The summed E-state index contributed by atoms with van der Waals surface area (Å²) >= 11 is 0. The van der Waals surface area contributed by atoms with Crippen molar-refractivity contribution in [1.29, 1.82) is 0 Å². The van der Waals surface area contributed by atoms with E-state index in [0.29, 0.717) is 0 Å². The average molecular weight is 279 g/mol. The fourth-order valence-corrected chi connectivity index (χ4v) is 1.87. The number of carbonyl (C=O) groups is 2. The van der Waals surface area contributed by atoms with Crippen molar-refractivity contribution in [3.63, 3.8) is 0 Å². The van der Waals surface area contributed by atoms with Crippen molar-refractivity contribution >= 4 is 11.9 Å². The Morgan fingerprint density at radius 2 is 1.95 bits per heavy atom. The number of ether oxygens (including phenoxy) is 1. The predicted molar refractivity (Wildman–Crippen MR) is 75.4 cm³/mol. The standard InChI is InChI=1S/C15H21NO4/c1-10(2)20-9-14(17)16-13(8-15(18)19)12-7-5-4-6-11(12)3/h4-7,10,13H,8-9H2,1-3H3,(H,16,17)(H,18,19). The SMILES string of the molecule is Cc1ccccc1C(CC(=O)O)NC(=O)COC(C)C. The molecule has 1 atom stereocenters. The quantitative estimate of drug-likeness (QED) is 0.801. The molecule has 0 aliphatic heterocycles. The van der Waals surface area contributed by atoms with E-state index in [2.05, 4.69) is 5.32 Å². The highest BCUT2D eigenvalue weighted by Gasteiger charge is 2.19. The van der Waals surface area contributed by atoms with Crippen LogP contribution in [-0.4, -0.2) is 29.7 Å². The van der Waals surface area contributed by atoms with Gasteiger partial charge in [-0.25, -0.2) is 0 Å². The minimum absolute atomic E-state index is 0.0443. The van der Waals surface area contributed by atoms with Crippen LogP contribution in [0.1, 0.15) is 37.4 Å². The van der Waals surface area contributed by atoms with Gasteiger partial charge in [0, 0.05) is 0 Å². The third-order valence-electron chi connectivity index (χ3n) is 2.83. The lowest BCUT2D eigenvalue weighted by Gasteiger charge is -2.19. The summed E-state index contributed by atoms with van der Waals surface area (Å²) in [6.07, 6.45) is -0.199. The molecule has 1 amide bonds. The maximum absolute atomic E-state index is 11.8. The van der Waals surface area contributed by atoms with Gasteiger partial charge in [-0.2, -0.15) is 0 Å². The first-order valence-electron chi connectivity index (χ1n) is 6.58.